The Kier molecular flexibility index (Phi) is 5.35. The number of ketones is 1. The maximum absolute atomic E-state index is 12.2. The van der Waals surface area contributed by atoms with Crippen LogP contribution >= 0.6 is 0 Å². The zero-order chi connectivity index (χ0) is 20.2. The van der Waals surface area contributed by atoms with Gasteiger partial charge in [0, 0.05) is 6.42 Å². The van der Waals surface area contributed by atoms with Crippen molar-refractivity contribution >= 4 is 5.78 Å². The SMILES string of the molecule is CCCCCC[C@]1(O)CC[C@H]2[C@@H]3CCC4=CC(=O)C[C@H](C)[C@]4(C)[C@H]3CC[C@@]21C. The van der Waals surface area contributed by atoms with Crippen LogP contribution in [0.3, 0.4) is 0 Å². The zero-order valence-electron chi connectivity index (χ0n) is 18.7. The van der Waals surface area contributed by atoms with E-state index in [1.807, 2.05) is 6.08 Å². The van der Waals surface area contributed by atoms with Gasteiger partial charge in [-0.15, -0.1) is 0 Å². The van der Waals surface area contributed by atoms with E-state index in [4.69, 9.17) is 0 Å². The van der Waals surface area contributed by atoms with Crippen molar-refractivity contribution in [3.05, 3.63) is 11.6 Å². The fraction of sp³-hybridized carbons (Fsp3) is 0.885. The van der Waals surface area contributed by atoms with Crippen molar-refractivity contribution < 1.29 is 9.90 Å². The number of aliphatic hydroxyl groups is 1. The van der Waals surface area contributed by atoms with Crippen LogP contribution in [0.5, 0.6) is 0 Å². The molecule has 3 fully saturated rings. The lowest BCUT2D eigenvalue weighted by atomic mass is 9.44. The van der Waals surface area contributed by atoms with Gasteiger partial charge in [-0.05, 0) is 85.5 Å². The van der Waals surface area contributed by atoms with Gasteiger partial charge in [0.25, 0.3) is 0 Å². The predicted octanol–water partition coefficient (Wildman–Crippen LogP) is 6.47. The molecule has 0 saturated heterocycles. The quantitative estimate of drug-likeness (QED) is 0.550. The Morgan fingerprint density at radius 2 is 1.82 bits per heavy atom. The maximum Gasteiger partial charge on any atom is 0.155 e. The van der Waals surface area contributed by atoms with Gasteiger partial charge in [0.2, 0.25) is 0 Å². The summed E-state index contributed by atoms with van der Waals surface area (Å²) in [6.07, 6.45) is 15.7. The third-order valence-electron chi connectivity index (χ3n) is 10.3. The van der Waals surface area contributed by atoms with Crippen molar-refractivity contribution in [2.75, 3.05) is 0 Å². The number of rotatable bonds is 5. The highest BCUT2D eigenvalue weighted by atomic mass is 16.3. The van der Waals surface area contributed by atoms with E-state index in [1.54, 1.807) is 0 Å². The molecule has 4 rings (SSSR count). The van der Waals surface area contributed by atoms with E-state index in [-0.39, 0.29) is 10.8 Å². The van der Waals surface area contributed by atoms with Crippen LogP contribution in [0, 0.1) is 34.5 Å². The highest BCUT2D eigenvalue weighted by Crippen LogP contribution is 2.68. The first-order valence-corrected chi connectivity index (χ1v) is 12.2. The van der Waals surface area contributed by atoms with E-state index in [2.05, 4.69) is 27.7 Å². The Labute approximate surface area is 172 Å². The molecule has 4 aliphatic carbocycles. The van der Waals surface area contributed by atoms with Crippen molar-refractivity contribution in [1.29, 1.82) is 0 Å². The van der Waals surface area contributed by atoms with Crippen molar-refractivity contribution in [3.8, 4) is 0 Å². The van der Waals surface area contributed by atoms with Gasteiger partial charge in [0.1, 0.15) is 0 Å². The van der Waals surface area contributed by atoms with Gasteiger partial charge in [-0.1, -0.05) is 59.0 Å². The van der Waals surface area contributed by atoms with Gasteiger partial charge in [-0.2, -0.15) is 0 Å². The molecule has 0 amide bonds. The number of hydrogen-bond acceptors (Lipinski definition) is 2. The molecule has 0 unspecified atom stereocenters. The Bertz CT molecular complexity index is 651. The first-order valence-electron chi connectivity index (χ1n) is 12.2. The van der Waals surface area contributed by atoms with Crippen molar-refractivity contribution in [1.82, 2.24) is 0 Å². The van der Waals surface area contributed by atoms with E-state index in [9.17, 15) is 9.90 Å². The molecule has 0 bridgehead atoms. The first kappa shape index (κ1) is 20.6. The van der Waals surface area contributed by atoms with Gasteiger partial charge < -0.3 is 5.11 Å². The fourth-order valence-corrected chi connectivity index (χ4v) is 8.31. The summed E-state index contributed by atoms with van der Waals surface area (Å²) in [7, 11) is 0. The molecule has 0 aromatic heterocycles. The summed E-state index contributed by atoms with van der Waals surface area (Å²) >= 11 is 0. The molecule has 4 aliphatic rings. The molecule has 28 heavy (non-hydrogen) atoms. The normalized spacial score (nSPS) is 47.9. The molecule has 0 aromatic rings. The molecule has 3 saturated carbocycles. The second-order valence-electron chi connectivity index (χ2n) is 11.3. The van der Waals surface area contributed by atoms with E-state index in [1.165, 1.54) is 56.9 Å². The molecular formula is C26H42O2. The summed E-state index contributed by atoms with van der Waals surface area (Å²) in [5.41, 5.74) is 1.32. The summed E-state index contributed by atoms with van der Waals surface area (Å²) < 4.78 is 0. The van der Waals surface area contributed by atoms with Gasteiger partial charge in [-0.3, -0.25) is 4.79 Å². The number of unbranched alkanes of at least 4 members (excludes halogenated alkanes) is 3. The van der Waals surface area contributed by atoms with Crippen LogP contribution in [-0.4, -0.2) is 16.5 Å². The number of fused-ring (bicyclic) bond motifs is 5. The minimum absolute atomic E-state index is 0.103. The minimum Gasteiger partial charge on any atom is -0.389 e. The molecule has 0 heterocycles. The second kappa shape index (κ2) is 7.25. The topological polar surface area (TPSA) is 37.3 Å². The Morgan fingerprint density at radius 3 is 2.57 bits per heavy atom. The molecule has 0 aromatic carbocycles. The lowest BCUT2D eigenvalue weighted by Crippen LogP contribution is -2.56. The fourth-order valence-electron chi connectivity index (χ4n) is 8.31. The summed E-state index contributed by atoms with van der Waals surface area (Å²) in [6.45, 7) is 9.48. The van der Waals surface area contributed by atoms with Crippen LogP contribution in [0.15, 0.2) is 11.6 Å². The van der Waals surface area contributed by atoms with Gasteiger partial charge >= 0.3 is 0 Å². The number of carbonyl (C=O) groups excluding carboxylic acids is 1. The van der Waals surface area contributed by atoms with Crippen LogP contribution in [0.25, 0.3) is 0 Å². The molecule has 0 aliphatic heterocycles. The maximum atomic E-state index is 12.2. The van der Waals surface area contributed by atoms with Crippen LogP contribution in [0.2, 0.25) is 0 Å². The smallest absolute Gasteiger partial charge is 0.155 e. The van der Waals surface area contributed by atoms with Gasteiger partial charge in [-0.25, -0.2) is 0 Å². The molecule has 2 nitrogen and oxygen atoms in total. The first-order chi connectivity index (χ1) is 13.3. The number of carbonyl (C=O) groups is 1. The summed E-state index contributed by atoms with van der Waals surface area (Å²) in [4.78, 5) is 12.2. The van der Waals surface area contributed by atoms with Crippen molar-refractivity contribution in [2.24, 2.45) is 34.5 Å². The van der Waals surface area contributed by atoms with Crippen LogP contribution < -0.4 is 0 Å². The summed E-state index contributed by atoms with van der Waals surface area (Å²) in [5.74, 6) is 2.93. The molecule has 158 valence electrons. The van der Waals surface area contributed by atoms with E-state index in [0.717, 1.165) is 31.6 Å². The van der Waals surface area contributed by atoms with Crippen molar-refractivity contribution in [3.63, 3.8) is 0 Å². The average Bonchev–Trinajstić information content (AvgIpc) is 2.92. The molecule has 0 radical (unpaired) electrons. The predicted molar refractivity (Wildman–Crippen MR) is 115 cm³/mol. The third-order valence-corrected chi connectivity index (χ3v) is 10.3. The number of hydrogen-bond donors (Lipinski definition) is 1. The zero-order valence-corrected chi connectivity index (χ0v) is 18.7. The summed E-state index contributed by atoms with van der Waals surface area (Å²) in [6, 6.07) is 0. The Hall–Kier alpha value is -0.630. The molecule has 0 spiro atoms. The Balaban J connectivity index is 1.56. The van der Waals surface area contributed by atoms with Crippen LogP contribution in [0.1, 0.15) is 105 Å². The van der Waals surface area contributed by atoms with Crippen LogP contribution in [-0.2, 0) is 4.79 Å². The third kappa shape index (κ3) is 2.88. The largest absolute Gasteiger partial charge is 0.389 e. The summed E-state index contributed by atoms with van der Waals surface area (Å²) in [5, 5.41) is 11.8. The molecular weight excluding hydrogens is 344 g/mol. The monoisotopic (exact) mass is 386 g/mol. The minimum atomic E-state index is -0.443. The lowest BCUT2D eigenvalue weighted by Gasteiger charge is -2.60. The second-order valence-corrected chi connectivity index (χ2v) is 11.3. The van der Waals surface area contributed by atoms with Gasteiger partial charge in [0.05, 0.1) is 5.60 Å². The Morgan fingerprint density at radius 1 is 1.07 bits per heavy atom. The highest BCUT2D eigenvalue weighted by Gasteiger charge is 2.64. The highest BCUT2D eigenvalue weighted by molar-refractivity contribution is 5.92. The van der Waals surface area contributed by atoms with E-state index < -0.39 is 5.60 Å². The van der Waals surface area contributed by atoms with Crippen molar-refractivity contribution in [2.45, 2.75) is 110 Å². The van der Waals surface area contributed by atoms with Gasteiger partial charge in [0.15, 0.2) is 5.78 Å². The molecule has 7 atom stereocenters. The van der Waals surface area contributed by atoms with Crippen LogP contribution in [0.4, 0.5) is 0 Å². The lowest BCUT2D eigenvalue weighted by molar-refractivity contribution is -0.138. The molecule has 1 N–H and O–H groups in total. The molecule has 2 heteroatoms. The van der Waals surface area contributed by atoms with E-state index in [0.29, 0.717) is 23.5 Å². The average molecular weight is 387 g/mol. The number of allylic oxidation sites excluding steroid dienone is 1. The standard InChI is InChI=1S/C26H42O2/c1-5-6-7-8-13-26(28)15-12-22-21-10-9-19-17-20(27)16-18(2)25(19,4)23(21)11-14-24(22,26)3/h17-18,21-23,28H,5-16H2,1-4H3/t18-,21-,22-,23-,24-,25-,26-/m0/s1. The van der Waals surface area contributed by atoms with E-state index >= 15 is 0 Å².